The van der Waals surface area contributed by atoms with Gasteiger partial charge in [-0.05, 0) is 74.2 Å². The molecular weight excluding hydrogens is 412 g/mol. The number of allylic oxidation sites excluding steroid dienone is 1. The summed E-state index contributed by atoms with van der Waals surface area (Å²) in [5.41, 5.74) is 12.1. The quantitative estimate of drug-likeness (QED) is 0.290. The summed E-state index contributed by atoms with van der Waals surface area (Å²) in [6.45, 7) is 6.30. The van der Waals surface area contributed by atoms with Crippen molar-refractivity contribution in [3.63, 3.8) is 0 Å². The smallest absolute Gasteiger partial charge is 0.227 e. The minimum Gasteiger partial charge on any atom is -0.398 e. The Kier molecular flexibility index (Phi) is 7.42. The summed E-state index contributed by atoms with van der Waals surface area (Å²) in [5.74, 6) is 0.497. The molecule has 168 valence electrons. The van der Waals surface area contributed by atoms with Crippen LogP contribution in [0.3, 0.4) is 0 Å². The van der Waals surface area contributed by atoms with Crippen molar-refractivity contribution in [3.8, 4) is 6.07 Å². The summed E-state index contributed by atoms with van der Waals surface area (Å²) in [6, 6.07) is 14.3. The van der Waals surface area contributed by atoms with E-state index in [1.54, 1.807) is 43.4 Å². The van der Waals surface area contributed by atoms with Crippen LogP contribution in [0.4, 0.5) is 17.1 Å². The summed E-state index contributed by atoms with van der Waals surface area (Å²) in [4.78, 5) is 17.2. The van der Waals surface area contributed by atoms with E-state index in [0.717, 1.165) is 28.8 Å². The van der Waals surface area contributed by atoms with Crippen LogP contribution < -0.4 is 16.4 Å². The van der Waals surface area contributed by atoms with Crippen LogP contribution >= 0.6 is 0 Å². The number of carbonyl (C=O) groups is 1. The maximum absolute atomic E-state index is 12.8. The molecule has 0 heterocycles. The van der Waals surface area contributed by atoms with Crippen molar-refractivity contribution in [1.82, 2.24) is 0 Å². The molecule has 2 aromatic rings. The first kappa shape index (κ1) is 23.5. The number of benzene rings is 2. The minimum absolute atomic E-state index is 0.0210. The fourth-order valence-electron chi connectivity index (χ4n) is 3.95. The van der Waals surface area contributed by atoms with Crippen molar-refractivity contribution < 1.29 is 4.79 Å². The second-order valence-corrected chi connectivity index (χ2v) is 8.04. The van der Waals surface area contributed by atoms with Crippen LogP contribution in [0.5, 0.6) is 0 Å². The van der Waals surface area contributed by atoms with Gasteiger partial charge in [0.25, 0.3) is 0 Å². The second-order valence-electron chi connectivity index (χ2n) is 8.04. The van der Waals surface area contributed by atoms with Gasteiger partial charge in [-0.25, -0.2) is 0 Å². The number of carbonyl (C=O) groups excluding carboxylic acids is 1. The molecule has 1 aliphatic carbocycles. The highest BCUT2D eigenvalue weighted by atomic mass is 16.1. The molecule has 1 atom stereocenters. The fraction of sp³-hybridized carbons (Fsp3) is 0.231. The Labute approximate surface area is 194 Å². The molecule has 0 aliphatic heterocycles. The number of nitrogen functional groups attached to an aromatic ring is 1. The molecule has 0 radical (unpaired) electrons. The fourth-order valence-corrected chi connectivity index (χ4v) is 3.95. The Hall–Kier alpha value is -4.18. The molecule has 3 rings (SSSR count). The predicted molar refractivity (Wildman–Crippen MR) is 135 cm³/mol. The normalized spacial score (nSPS) is 16.0. The molecule has 1 aliphatic rings. The number of amidine groups is 1. The zero-order chi connectivity index (χ0) is 24.0. The van der Waals surface area contributed by atoms with Crippen LogP contribution in [-0.4, -0.2) is 25.0 Å². The van der Waals surface area contributed by atoms with Gasteiger partial charge in [-0.3, -0.25) is 9.79 Å². The molecule has 1 amide bonds. The average molecular weight is 441 g/mol. The lowest BCUT2D eigenvalue weighted by Crippen LogP contribution is -2.27. The van der Waals surface area contributed by atoms with E-state index in [1.165, 1.54) is 6.21 Å². The SMILES string of the molecule is C=C(C(=NC)Nc1ccc(N)c(C=N)c1)C1=C(C)CC(C(=O)Nc2ccc(C#N)cc2)CC1. The molecule has 0 aromatic heterocycles. The van der Waals surface area contributed by atoms with E-state index in [0.29, 0.717) is 41.2 Å². The largest absolute Gasteiger partial charge is 0.398 e. The number of hydrogen-bond donors (Lipinski definition) is 4. The van der Waals surface area contributed by atoms with E-state index in [1.807, 2.05) is 13.0 Å². The summed E-state index contributed by atoms with van der Waals surface area (Å²) in [6.07, 6.45) is 3.30. The number of nitrogens with zero attached hydrogens (tertiary/aromatic N) is 2. The Balaban J connectivity index is 1.68. The van der Waals surface area contributed by atoms with Gasteiger partial charge in [0.15, 0.2) is 0 Å². The zero-order valence-corrected chi connectivity index (χ0v) is 18.9. The molecule has 0 spiro atoms. The van der Waals surface area contributed by atoms with E-state index < -0.39 is 0 Å². The van der Waals surface area contributed by atoms with Crippen LogP contribution in [0.15, 0.2) is 70.8 Å². The lowest BCUT2D eigenvalue weighted by Gasteiger charge is -2.27. The minimum atomic E-state index is -0.126. The summed E-state index contributed by atoms with van der Waals surface area (Å²) in [7, 11) is 1.70. The molecule has 0 bridgehead atoms. The first-order valence-corrected chi connectivity index (χ1v) is 10.7. The molecule has 0 fully saturated rings. The molecule has 7 heteroatoms. The van der Waals surface area contributed by atoms with Gasteiger partial charge in [-0.15, -0.1) is 0 Å². The van der Waals surface area contributed by atoms with Crippen LogP contribution in [0.2, 0.25) is 0 Å². The van der Waals surface area contributed by atoms with Crippen LogP contribution in [0, 0.1) is 22.7 Å². The van der Waals surface area contributed by atoms with Gasteiger partial charge in [-0.1, -0.05) is 12.2 Å². The summed E-state index contributed by atoms with van der Waals surface area (Å²) in [5, 5.41) is 22.6. The number of aliphatic imine (C=N–C) groups is 1. The van der Waals surface area contributed by atoms with Crippen molar-refractivity contribution in [2.45, 2.75) is 26.2 Å². The Bertz CT molecular complexity index is 1180. The Morgan fingerprint density at radius 2 is 1.94 bits per heavy atom. The topological polar surface area (TPSA) is 127 Å². The number of rotatable bonds is 6. The van der Waals surface area contributed by atoms with E-state index >= 15 is 0 Å². The molecule has 33 heavy (non-hydrogen) atoms. The van der Waals surface area contributed by atoms with Crippen molar-refractivity contribution >= 4 is 35.0 Å². The van der Waals surface area contributed by atoms with Gasteiger partial charge in [-0.2, -0.15) is 5.26 Å². The first-order chi connectivity index (χ1) is 15.9. The standard InChI is InChI=1S/C26H28N6O/c1-16-12-19(26(33)32-21-7-4-18(14-27)5-8-21)6-10-23(16)17(2)25(30-3)31-22-9-11-24(29)20(13-22)15-28/h4-5,7-9,11,13,15,19,28H,2,6,10,12,29H2,1,3H3,(H,30,31)(H,32,33). The van der Waals surface area contributed by atoms with E-state index in [2.05, 4.69) is 28.3 Å². The van der Waals surface area contributed by atoms with Crippen LogP contribution in [-0.2, 0) is 4.79 Å². The van der Waals surface area contributed by atoms with Gasteiger partial charge in [0, 0.05) is 47.4 Å². The lowest BCUT2D eigenvalue weighted by atomic mass is 9.81. The van der Waals surface area contributed by atoms with Crippen molar-refractivity contribution in [1.29, 1.82) is 10.7 Å². The maximum Gasteiger partial charge on any atom is 0.227 e. The first-order valence-electron chi connectivity index (χ1n) is 10.7. The highest BCUT2D eigenvalue weighted by molar-refractivity contribution is 6.11. The molecular formula is C26H28N6O. The number of anilines is 3. The highest BCUT2D eigenvalue weighted by Gasteiger charge is 2.27. The summed E-state index contributed by atoms with van der Waals surface area (Å²) >= 11 is 0. The van der Waals surface area contributed by atoms with Crippen LogP contribution in [0.1, 0.15) is 37.3 Å². The second kappa shape index (κ2) is 10.4. The molecule has 0 saturated heterocycles. The molecule has 5 N–H and O–H groups in total. The van der Waals surface area contributed by atoms with Gasteiger partial charge in [0.2, 0.25) is 5.91 Å². The molecule has 7 nitrogen and oxygen atoms in total. The lowest BCUT2D eigenvalue weighted by molar-refractivity contribution is -0.120. The monoisotopic (exact) mass is 440 g/mol. The Morgan fingerprint density at radius 3 is 2.55 bits per heavy atom. The van der Waals surface area contributed by atoms with E-state index in [9.17, 15) is 4.79 Å². The van der Waals surface area contributed by atoms with E-state index in [4.69, 9.17) is 16.4 Å². The number of amides is 1. The number of nitriles is 1. The maximum atomic E-state index is 12.8. The van der Waals surface area contributed by atoms with E-state index in [-0.39, 0.29) is 11.8 Å². The van der Waals surface area contributed by atoms with Gasteiger partial charge in [0.05, 0.1) is 11.6 Å². The van der Waals surface area contributed by atoms with Gasteiger partial charge < -0.3 is 21.8 Å². The van der Waals surface area contributed by atoms with Crippen molar-refractivity contribution in [2.24, 2.45) is 10.9 Å². The van der Waals surface area contributed by atoms with Crippen LogP contribution in [0.25, 0.3) is 0 Å². The molecule has 2 aromatic carbocycles. The van der Waals surface area contributed by atoms with Crippen molar-refractivity contribution in [2.75, 3.05) is 23.4 Å². The third-order valence-electron chi connectivity index (χ3n) is 5.84. The predicted octanol–water partition coefficient (Wildman–Crippen LogP) is 4.89. The third-order valence-corrected chi connectivity index (χ3v) is 5.84. The Morgan fingerprint density at radius 1 is 1.24 bits per heavy atom. The average Bonchev–Trinajstić information content (AvgIpc) is 2.83. The number of hydrogen-bond acceptors (Lipinski definition) is 5. The highest BCUT2D eigenvalue weighted by Crippen LogP contribution is 2.34. The van der Waals surface area contributed by atoms with Crippen molar-refractivity contribution in [3.05, 3.63) is 76.9 Å². The summed E-state index contributed by atoms with van der Waals surface area (Å²) < 4.78 is 0. The van der Waals surface area contributed by atoms with Gasteiger partial charge >= 0.3 is 0 Å². The number of nitrogens with two attached hydrogens (primary N) is 1. The van der Waals surface area contributed by atoms with Gasteiger partial charge in [0.1, 0.15) is 5.84 Å². The molecule has 1 unspecified atom stereocenters. The molecule has 0 saturated carbocycles. The third kappa shape index (κ3) is 5.55. The zero-order valence-electron chi connectivity index (χ0n) is 18.9. The number of nitrogens with one attached hydrogen (secondary N) is 3.